The van der Waals surface area contributed by atoms with Crippen LogP contribution in [0.5, 0.6) is 0 Å². The molecule has 0 saturated carbocycles. The first-order valence-corrected chi connectivity index (χ1v) is 11.4. The number of nitro groups is 1. The summed E-state index contributed by atoms with van der Waals surface area (Å²) >= 11 is 6.23. The van der Waals surface area contributed by atoms with Crippen molar-refractivity contribution in [1.82, 2.24) is 19.6 Å². The Bertz CT molecular complexity index is 1410. The Morgan fingerprint density at radius 2 is 1.97 bits per heavy atom. The van der Waals surface area contributed by atoms with Gasteiger partial charge in [0.1, 0.15) is 0 Å². The van der Waals surface area contributed by atoms with Gasteiger partial charge in [-0.2, -0.15) is 0 Å². The number of fused-ring (bicyclic) bond motifs is 3. The number of carbonyl (C=O) groups is 1. The third-order valence-electron chi connectivity index (χ3n) is 6.02. The highest BCUT2D eigenvalue weighted by molar-refractivity contribution is 6.31. The molecule has 1 saturated heterocycles. The van der Waals surface area contributed by atoms with Gasteiger partial charge in [-0.05, 0) is 44.0 Å². The third kappa shape index (κ3) is 3.79. The molecule has 4 aromatic rings. The minimum Gasteiger partial charge on any atom is -0.466 e. The van der Waals surface area contributed by atoms with E-state index < -0.39 is 4.92 Å². The molecule has 0 atom stereocenters. The van der Waals surface area contributed by atoms with Crippen LogP contribution >= 0.6 is 11.6 Å². The summed E-state index contributed by atoms with van der Waals surface area (Å²) in [5.74, 6) is 0.520. The molecule has 5 rings (SSSR count). The minimum absolute atomic E-state index is 0.0695. The van der Waals surface area contributed by atoms with Crippen LogP contribution in [0.1, 0.15) is 19.8 Å². The number of anilines is 1. The molecule has 0 unspecified atom stereocenters. The molecule has 2 aromatic heterocycles. The number of ether oxygens (including phenoxy) is 1. The van der Waals surface area contributed by atoms with E-state index in [1.165, 1.54) is 6.07 Å². The summed E-state index contributed by atoms with van der Waals surface area (Å²) in [6.07, 6.45) is 1.22. The van der Waals surface area contributed by atoms with Gasteiger partial charge in [0.15, 0.2) is 11.5 Å². The number of hydrogen-bond donors (Lipinski definition) is 0. The predicted molar refractivity (Wildman–Crippen MR) is 127 cm³/mol. The van der Waals surface area contributed by atoms with Gasteiger partial charge < -0.3 is 9.64 Å². The van der Waals surface area contributed by atoms with Crippen LogP contribution in [-0.2, 0) is 9.53 Å². The Kier molecular flexibility index (Phi) is 5.74. The van der Waals surface area contributed by atoms with Crippen molar-refractivity contribution in [2.24, 2.45) is 5.92 Å². The van der Waals surface area contributed by atoms with Crippen LogP contribution in [0.2, 0.25) is 5.02 Å². The summed E-state index contributed by atoms with van der Waals surface area (Å²) in [5, 5.41) is 21.7. The molecular formula is C23H21ClN6O4. The Morgan fingerprint density at radius 1 is 1.21 bits per heavy atom. The van der Waals surface area contributed by atoms with Gasteiger partial charge in [0, 0.05) is 29.6 Å². The number of nitrogens with zero attached hydrogens (tertiary/aromatic N) is 6. The highest BCUT2D eigenvalue weighted by Gasteiger charge is 2.30. The van der Waals surface area contributed by atoms with Crippen molar-refractivity contribution < 1.29 is 14.5 Å². The molecule has 2 aromatic carbocycles. The first-order valence-electron chi connectivity index (χ1n) is 11.0. The molecule has 1 fully saturated rings. The van der Waals surface area contributed by atoms with Crippen molar-refractivity contribution in [3.8, 4) is 11.4 Å². The maximum absolute atomic E-state index is 12.2. The lowest BCUT2D eigenvalue weighted by Gasteiger charge is -2.32. The van der Waals surface area contributed by atoms with Crippen LogP contribution in [0, 0.1) is 16.0 Å². The van der Waals surface area contributed by atoms with Gasteiger partial charge in [-0.25, -0.2) is 9.38 Å². The number of piperidine rings is 1. The van der Waals surface area contributed by atoms with Crippen LogP contribution < -0.4 is 4.90 Å². The van der Waals surface area contributed by atoms with Crippen LogP contribution in [0.3, 0.4) is 0 Å². The second kappa shape index (κ2) is 8.86. The van der Waals surface area contributed by atoms with Crippen molar-refractivity contribution >= 4 is 45.8 Å². The van der Waals surface area contributed by atoms with Crippen molar-refractivity contribution in [3.05, 3.63) is 57.6 Å². The zero-order valence-electron chi connectivity index (χ0n) is 18.3. The fraction of sp³-hybridized carbons (Fsp3) is 0.304. The average Bonchev–Trinajstić information content (AvgIpc) is 3.29. The molecule has 174 valence electrons. The number of aromatic nitrogens is 4. The Balaban J connectivity index is 1.67. The van der Waals surface area contributed by atoms with Crippen molar-refractivity contribution in [1.29, 1.82) is 0 Å². The Labute approximate surface area is 199 Å². The molecule has 34 heavy (non-hydrogen) atoms. The largest absolute Gasteiger partial charge is 0.466 e. The summed E-state index contributed by atoms with van der Waals surface area (Å²) in [6, 6.07) is 11.7. The summed E-state index contributed by atoms with van der Waals surface area (Å²) in [5.41, 5.74) is 1.44. The zero-order chi connectivity index (χ0) is 23.8. The van der Waals surface area contributed by atoms with Gasteiger partial charge in [-0.1, -0.05) is 23.7 Å². The summed E-state index contributed by atoms with van der Waals surface area (Å²) < 4.78 is 6.94. The Morgan fingerprint density at radius 3 is 2.71 bits per heavy atom. The summed E-state index contributed by atoms with van der Waals surface area (Å²) in [7, 11) is 0. The summed E-state index contributed by atoms with van der Waals surface area (Å²) in [4.78, 5) is 30.4. The molecule has 0 radical (unpaired) electrons. The number of hydrogen-bond acceptors (Lipinski definition) is 8. The first kappa shape index (κ1) is 22.0. The molecule has 10 nitrogen and oxygen atoms in total. The lowest BCUT2D eigenvalue weighted by Crippen LogP contribution is -2.38. The molecule has 1 aliphatic rings. The monoisotopic (exact) mass is 480 g/mol. The lowest BCUT2D eigenvalue weighted by atomic mass is 9.97. The molecule has 0 bridgehead atoms. The van der Waals surface area contributed by atoms with Gasteiger partial charge in [0.05, 0.1) is 28.5 Å². The van der Waals surface area contributed by atoms with E-state index in [4.69, 9.17) is 21.3 Å². The van der Waals surface area contributed by atoms with E-state index in [0.29, 0.717) is 66.1 Å². The molecular weight excluding hydrogens is 460 g/mol. The van der Waals surface area contributed by atoms with Gasteiger partial charge in [0.2, 0.25) is 5.95 Å². The second-order valence-corrected chi connectivity index (χ2v) is 8.48. The number of nitro benzene ring substituents is 1. The smallest absolute Gasteiger partial charge is 0.309 e. The topological polar surface area (TPSA) is 116 Å². The van der Waals surface area contributed by atoms with Crippen LogP contribution in [0.15, 0.2) is 42.5 Å². The number of para-hydroxylation sites is 1. The SMILES string of the molecule is CCOC(=O)C1CCN(c2nc3cc(Cl)ccc3c3nnc(-c4ccccc4[N+](=O)[O-])n23)CC1. The number of rotatable bonds is 5. The number of benzene rings is 2. The Hall–Kier alpha value is -3.79. The van der Waals surface area contributed by atoms with E-state index in [-0.39, 0.29) is 17.6 Å². The summed E-state index contributed by atoms with van der Waals surface area (Å²) in [6.45, 7) is 3.27. The highest BCUT2D eigenvalue weighted by Crippen LogP contribution is 2.34. The van der Waals surface area contributed by atoms with Crippen LogP contribution in [-0.4, -0.2) is 50.2 Å². The van der Waals surface area contributed by atoms with E-state index in [1.54, 1.807) is 41.7 Å². The van der Waals surface area contributed by atoms with Gasteiger partial charge in [-0.15, -0.1) is 10.2 Å². The standard InChI is InChI=1S/C23H21ClN6O4/c1-2-34-22(31)14-9-11-28(12-10-14)23-25-18-13-15(24)7-8-16(18)20-26-27-21(29(20)23)17-5-3-4-6-19(17)30(32)33/h3-8,13-14H,2,9-12H2,1H3. The predicted octanol–water partition coefficient (Wildman–Crippen LogP) is 4.29. The molecule has 0 spiro atoms. The van der Waals surface area contributed by atoms with Gasteiger partial charge in [0.25, 0.3) is 5.69 Å². The molecule has 1 aliphatic heterocycles. The normalized spacial score (nSPS) is 14.6. The van der Waals surface area contributed by atoms with E-state index >= 15 is 0 Å². The van der Waals surface area contributed by atoms with E-state index in [9.17, 15) is 14.9 Å². The number of halogens is 1. The van der Waals surface area contributed by atoms with Crippen LogP contribution in [0.25, 0.3) is 27.9 Å². The number of esters is 1. The molecule has 0 aliphatic carbocycles. The molecule has 11 heteroatoms. The van der Waals surface area contributed by atoms with E-state index in [2.05, 4.69) is 10.2 Å². The van der Waals surface area contributed by atoms with Gasteiger partial charge >= 0.3 is 5.97 Å². The van der Waals surface area contributed by atoms with E-state index in [1.807, 2.05) is 11.0 Å². The third-order valence-corrected chi connectivity index (χ3v) is 6.26. The second-order valence-electron chi connectivity index (χ2n) is 8.04. The zero-order valence-corrected chi connectivity index (χ0v) is 19.1. The fourth-order valence-corrected chi connectivity index (χ4v) is 4.54. The van der Waals surface area contributed by atoms with Gasteiger partial charge in [-0.3, -0.25) is 14.9 Å². The highest BCUT2D eigenvalue weighted by atomic mass is 35.5. The maximum Gasteiger partial charge on any atom is 0.309 e. The minimum atomic E-state index is -0.435. The molecule has 0 N–H and O–H groups in total. The lowest BCUT2D eigenvalue weighted by molar-refractivity contribution is -0.384. The first-order chi connectivity index (χ1) is 16.5. The van der Waals surface area contributed by atoms with Crippen molar-refractivity contribution in [2.75, 3.05) is 24.6 Å². The maximum atomic E-state index is 12.2. The van der Waals surface area contributed by atoms with Crippen molar-refractivity contribution in [3.63, 3.8) is 0 Å². The van der Waals surface area contributed by atoms with Crippen molar-refractivity contribution in [2.45, 2.75) is 19.8 Å². The quantitative estimate of drug-likeness (QED) is 0.236. The number of carbonyl (C=O) groups excluding carboxylic acids is 1. The average molecular weight is 481 g/mol. The molecule has 0 amide bonds. The molecule has 3 heterocycles. The fourth-order valence-electron chi connectivity index (χ4n) is 4.38. The van der Waals surface area contributed by atoms with E-state index in [0.717, 1.165) is 5.39 Å². The van der Waals surface area contributed by atoms with Crippen LogP contribution in [0.4, 0.5) is 11.6 Å².